The highest BCUT2D eigenvalue weighted by Gasteiger charge is 2.47. The number of hydrogen-bond acceptors (Lipinski definition) is 4. The first kappa shape index (κ1) is 22.1. The molecule has 7 heteroatoms. The fraction of sp³-hybridized carbons (Fsp3) is 0.636. The Bertz CT molecular complexity index is 750. The van der Waals surface area contributed by atoms with Gasteiger partial charge in [-0.1, -0.05) is 36.9 Å². The summed E-state index contributed by atoms with van der Waals surface area (Å²) >= 11 is 6.10. The van der Waals surface area contributed by atoms with E-state index in [4.69, 9.17) is 23.1 Å². The van der Waals surface area contributed by atoms with E-state index in [0.717, 1.165) is 43.2 Å². The summed E-state index contributed by atoms with van der Waals surface area (Å²) in [4.78, 5) is 28.0. The van der Waals surface area contributed by atoms with Crippen LogP contribution in [0, 0.1) is 5.92 Å². The summed E-state index contributed by atoms with van der Waals surface area (Å²) in [6.07, 6.45) is 6.93. The molecule has 0 bridgehead atoms. The number of nitrogens with two attached hydrogens (primary N) is 2. The van der Waals surface area contributed by atoms with E-state index in [1.807, 2.05) is 19.1 Å². The van der Waals surface area contributed by atoms with Gasteiger partial charge in [0.2, 0.25) is 11.8 Å². The van der Waals surface area contributed by atoms with Crippen LogP contribution in [0.1, 0.15) is 63.0 Å². The van der Waals surface area contributed by atoms with Crippen molar-refractivity contribution < 1.29 is 9.59 Å². The van der Waals surface area contributed by atoms with Gasteiger partial charge in [0.15, 0.2) is 0 Å². The number of carbonyl (C=O) groups excluding carboxylic acids is 2. The van der Waals surface area contributed by atoms with E-state index in [0.29, 0.717) is 31.1 Å². The van der Waals surface area contributed by atoms with Crippen LogP contribution in [0.25, 0.3) is 0 Å². The topological polar surface area (TPSA) is 101 Å². The molecule has 0 radical (unpaired) electrons. The fourth-order valence-corrected chi connectivity index (χ4v) is 4.95. The molecular weight excluding hydrogens is 388 g/mol. The van der Waals surface area contributed by atoms with Crippen molar-refractivity contribution in [3.63, 3.8) is 0 Å². The van der Waals surface area contributed by atoms with Gasteiger partial charge in [-0.05, 0) is 61.8 Å². The van der Waals surface area contributed by atoms with Gasteiger partial charge in [-0.15, -0.1) is 0 Å². The minimum Gasteiger partial charge on any atom is -0.350 e. The lowest BCUT2D eigenvalue weighted by molar-refractivity contribution is -0.146. The van der Waals surface area contributed by atoms with Gasteiger partial charge in [0.25, 0.3) is 0 Å². The SMILES string of the molecule is CC1(C(=O)NCc2cc(Cl)ccc2CN)CCCN1C(=O)C(N)C1CCCCC1. The molecule has 1 aromatic rings. The highest BCUT2D eigenvalue weighted by molar-refractivity contribution is 6.30. The van der Waals surface area contributed by atoms with Crippen LogP contribution in [-0.4, -0.2) is 34.8 Å². The second kappa shape index (κ2) is 9.45. The summed E-state index contributed by atoms with van der Waals surface area (Å²) in [6, 6.07) is 4.97. The molecule has 1 saturated carbocycles. The Kier molecular flexibility index (Phi) is 7.19. The molecule has 0 spiro atoms. The van der Waals surface area contributed by atoms with Crippen molar-refractivity contribution in [2.24, 2.45) is 17.4 Å². The first-order chi connectivity index (χ1) is 13.9. The zero-order chi connectivity index (χ0) is 21.0. The average Bonchev–Trinajstić information content (AvgIpc) is 3.14. The third kappa shape index (κ3) is 4.76. The van der Waals surface area contributed by atoms with Crippen LogP contribution in [-0.2, 0) is 22.7 Å². The molecule has 6 nitrogen and oxygen atoms in total. The van der Waals surface area contributed by atoms with Crippen LogP contribution in [0.15, 0.2) is 18.2 Å². The number of rotatable bonds is 6. The summed E-state index contributed by atoms with van der Waals surface area (Å²) in [6.45, 7) is 3.13. The quantitative estimate of drug-likeness (QED) is 0.658. The van der Waals surface area contributed by atoms with Gasteiger partial charge < -0.3 is 21.7 Å². The molecule has 5 N–H and O–H groups in total. The van der Waals surface area contributed by atoms with Gasteiger partial charge in [-0.3, -0.25) is 9.59 Å². The number of nitrogens with one attached hydrogen (secondary N) is 1. The minimum atomic E-state index is -0.870. The number of nitrogens with zero attached hydrogens (tertiary/aromatic N) is 1. The molecule has 160 valence electrons. The zero-order valence-corrected chi connectivity index (χ0v) is 18.0. The highest BCUT2D eigenvalue weighted by atomic mass is 35.5. The summed E-state index contributed by atoms with van der Waals surface area (Å²) in [5, 5.41) is 3.60. The number of hydrogen-bond donors (Lipinski definition) is 3. The second-order valence-electron chi connectivity index (χ2n) is 8.59. The Morgan fingerprint density at radius 1 is 1.24 bits per heavy atom. The number of halogens is 1. The van der Waals surface area contributed by atoms with Gasteiger partial charge in [-0.25, -0.2) is 0 Å². The maximum atomic E-state index is 13.2. The largest absolute Gasteiger partial charge is 0.350 e. The predicted molar refractivity (Wildman–Crippen MR) is 115 cm³/mol. The molecule has 1 aliphatic heterocycles. The Labute approximate surface area is 178 Å². The van der Waals surface area contributed by atoms with E-state index < -0.39 is 11.6 Å². The third-order valence-corrected chi connectivity index (χ3v) is 6.90. The smallest absolute Gasteiger partial charge is 0.245 e. The van der Waals surface area contributed by atoms with Gasteiger partial charge >= 0.3 is 0 Å². The Hall–Kier alpha value is -1.63. The molecule has 0 aromatic heterocycles. The number of likely N-dealkylation sites (tertiary alicyclic amines) is 1. The van der Waals surface area contributed by atoms with Crippen LogP contribution in [0.3, 0.4) is 0 Å². The van der Waals surface area contributed by atoms with Crippen molar-refractivity contribution in [3.8, 4) is 0 Å². The summed E-state index contributed by atoms with van der Waals surface area (Å²) in [5.41, 5.74) is 13.1. The molecule has 2 atom stereocenters. The first-order valence-corrected chi connectivity index (χ1v) is 11.1. The molecule has 1 saturated heterocycles. The minimum absolute atomic E-state index is 0.0857. The Morgan fingerprint density at radius 2 is 1.97 bits per heavy atom. The maximum absolute atomic E-state index is 13.2. The lowest BCUT2D eigenvalue weighted by Crippen LogP contribution is -2.59. The number of benzene rings is 1. The van der Waals surface area contributed by atoms with Gasteiger partial charge in [-0.2, -0.15) is 0 Å². The average molecular weight is 421 g/mol. The van der Waals surface area contributed by atoms with Crippen LogP contribution in [0.2, 0.25) is 5.02 Å². The maximum Gasteiger partial charge on any atom is 0.245 e. The van der Waals surface area contributed by atoms with E-state index in [-0.39, 0.29) is 17.7 Å². The summed E-state index contributed by atoms with van der Waals surface area (Å²) < 4.78 is 0. The molecule has 3 rings (SSSR count). The van der Waals surface area contributed by atoms with E-state index in [2.05, 4.69) is 5.32 Å². The van der Waals surface area contributed by atoms with Crippen molar-refractivity contribution >= 4 is 23.4 Å². The van der Waals surface area contributed by atoms with Crippen molar-refractivity contribution in [2.45, 2.75) is 76.5 Å². The highest BCUT2D eigenvalue weighted by Crippen LogP contribution is 2.33. The van der Waals surface area contributed by atoms with Crippen molar-refractivity contribution in [2.75, 3.05) is 6.54 Å². The molecule has 2 fully saturated rings. The van der Waals surface area contributed by atoms with Crippen molar-refractivity contribution in [3.05, 3.63) is 34.3 Å². The van der Waals surface area contributed by atoms with Gasteiger partial charge in [0.05, 0.1) is 6.04 Å². The standard InChI is InChI=1S/C22H33ClN4O2/c1-22(21(29)26-14-17-12-18(23)9-8-16(17)13-24)10-5-11-27(22)20(28)19(25)15-6-3-2-4-7-15/h8-9,12,15,19H,2-7,10-11,13-14,24-25H2,1H3,(H,26,29). The van der Waals surface area contributed by atoms with Gasteiger partial charge in [0.1, 0.15) is 5.54 Å². The van der Waals surface area contributed by atoms with Gasteiger partial charge in [0, 0.05) is 24.7 Å². The third-order valence-electron chi connectivity index (χ3n) is 6.67. The van der Waals surface area contributed by atoms with E-state index in [1.54, 1.807) is 11.0 Å². The van der Waals surface area contributed by atoms with Crippen LogP contribution < -0.4 is 16.8 Å². The monoisotopic (exact) mass is 420 g/mol. The molecule has 1 aromatic carbocycles. The van der Waals surface area contributed by atoms with Crippen molar-refractivity contribution in [1.82, 2.24) is 10.2 Å². The normalized spacial score (nSPS) is 23.8. The Morgan fingerprint density at radius 3 is 2.66 bits per heavy atom. The molecule has 2 unspecified atom stereocenters. The first-order valence-electron chi connectivity index (χ1n) is 10.7. The summed E-state index contributed by atoms with van der Waals surface area (Å²) in [7, 11) is 0. The summed E-state index contributed by atoms with van der Waals surface area (Å²) in [5.74, 6) is -0.0117. The van der Waals surface area contributed by atoms with E-state index in [9.17, 15) is 9.59 Å². The molecule has 2 aliphatic rings. The zero-order valence-electron chi connectivity index (χ0n) is 17.3. The van der Waals surface area contributed by atoms with E-state index >= 15 is 0 Å². The molecule has 2 amide bonds. The lowest BCUT2D eigenvalue weighted by atomic mass is 9.83. The Balaban J connectivity index is 1.68. The second-order valence-corrected chi connectivity index (χ2v) is 9.03. The van der Waals surface area contributed by atoms with Crippen LogP contribution in [0.4, 0.5) is 0 Å². The lowest BCUT2D eigenvalue weighted by Gasteiger charge is -2.37. The molecule has 1 heterocycles. The fourth-order valence-electron chi connectivity index (χ4n) is 4.75. The number of amides is 2. The molecular formula is C22H33ClN4O2. The van der Waals surface area contributed by atoms with E-state index in [1.165, 1.54) is 6.42 Å². The van der Waals surface area contributed by atoms with Crippen molar-refractivity contribution in [1.29, 1.82) is 0 Å². The predicted octanol–water partition coefficient (Wildman–Crippen LogP) is 2.70. The van der Waals surface area contributed by atoms with Crippen LogP contribution >= 0.6 is 11.6 Å². The molecule has 29 heavy (non-hydrogen) atoms. The van der Waals surface area contributed by atoms with Crippen LogP contribution in [0.5, 0.6) is 0 Å². The number of carbonyl (C=O) groups is 2. The molecule has 1 aliphatic carbocycles.